The second kappa shape index (κ2) is 8.16. The van der Waals surface area contributed by atoms with Gasteiger partial charge in [0.15, 0.2) is 0 Å². The van der Waals surface area contributed by atoms with Crippen molar-refractivity contribution in [3.05, 3.63) is 0 Å². The number of alkyl carbamates (subject to hydrolysis) is 1. The van der Waals surface area contributed by atoms with Crippen LogP contribution in [0.15, 0.2) is 0 Å². The lowest BCUT2D eigenvalue weighted by molar-refractivity contribution is 0.0455. The molecule has 5 heteroatoms. The second-order valence-corrected chi connectivity index (χ2v) is 7.52. The summed E-state index contributed by atoms with van der Waals surface area (Å²) in [6.45, 7) is 13.4. The van der Waals surface area contributed by atoms with Crippen LogP contribution in [0.5, 0.6) is 0 Å². The third kappa shape index (κ3) is 5.76. The van der Waals surface area contributed by atoms with Gasteiger partial charge in [0.25, 0.3) is 0 Å². The number of ether oxygens (including phenoxy) is 1. The third-order valence-electron chi connectivity index (χ3n) is 5.03. The predicted octanol–water partition coefficient (Wildman–Crippen LogP) is 2.74. The highest BCUT2D eigenvalue weighted by molar-refractivity contribution is 5.67. The van der Waals surface area contributed by atoms with E-state index in [0.717, 1.165) is 13.1 Å². The van der Waals surface area contributed by atoms with E-state index in [2.05, 4.69) is 24.1 Å². The summed E-state index contributed by atoms with van der Waals surface area (Å²) in [6, 6.07) is 0.194. The van der Waals surface area contributed by atoms with E-state index < -0.39 is 5.60 Å². The zero-order valence-electron chi connectivity index (χ0n) is 15.1. The molecule has 1 aliphatic rings. The lowest BCUT2D eigenvalue weighted by atomic mass is 9.74. The summed E-state index contributed by atoms with van der Waals surface area (Å²) < 4.78 is 5.28. The summed E-state index contributed by atoms with van der Waals surface area (Å²) in [5.74, 6) is 0. The minimum Gasteiger partial charge on any atom is -0.444 e. The van der Waals surface area contributed by atoms with Crippen LogP contribution in [-0.2, 0) is 4.74 Å². The molecule has 0 aromatic heterocycles. The Bertz CT molecular complexity index is 338. The van der Waals surface area contributed by atoms with Gasteiger partial charge in [0.2, 0.25) is 0 Å². The van der Waals surface area contributed by atoms with Crippen LogP contribution in [0, 0.1) is 5.41 Å². The van der Waals surface area contributed by atoms with Crippen molar-refractivity contribution in [3.63, 3.8) is 0 Å². The zero-order chi connectivity index (χ0) is 16.8. The van der Waals surface area contributed by atoms with Gasteiger partial charge < -0.3 is 15.8 Å². The number of hydrogen-bond donors (Lipinski definition) is 2. The number of carbonyl (C=O) groups excluding carboxylic acids is 1. The Morgan fingerprint density at radius 1 is 1.27 bits per heavy atom. The van der Waals surface area contributed by atoms with Crippen molar-refractivity contribution in [2.45, 2.75) is 71.9 Å². The molecule has 130 valence electrons. The van der Waals surface area contributed by atoms with E-state index >= 15 is 0 Å². The van der Waals surface area contributed by atoms with Crippen molar-refractivity contribution in [2.24, 2.45) is 11.1 Å². The van der Waals surface area contributed by atoms with E-state index in [1.165, 1.54) is 25.7 Å². The first-order valence-electron chi connectivity index (χ1n) is 8.66. The molecule has 1 unspecified atom stereocenters. The Kier molecular flexibility index (Phi) is 7.13. The molecule has 0 aromatic carbocycles. The van der Waals surface area contributed by atoms with Gasteiger partial charge >= 0.3 is 6.09 Å². The van der Waals surface area contributed by atoms with Crippen molar-refractivity contribution in [3.8, 4) is 0 Å². The average molecular weight is 313 g/mol. The Morgan fingerprint density at radius 2 is 1.82 bits per heavy atom. The summed E-state index contributed by atoms with van der Waals surface area (Å²) in [5, 5.41) is 2.85. The molecule has 1 amide bonds. The van der Waals surface area contributed by atoms with E-state index in [4.69, 9.17) is 10.5 Å². The largest absolute Gasteiger partial charge is 0.444 e. The number of nitrogens with two attached hydrogens (primary N) is 1. The molecule has 5 nitrogen and oxygen atoms in total. The van der Waals surface area contributed by atoms with Gasteiger partial charge in [-0.05, 0) is 52.1 Å². The Morgan fingerprint density at radius 3 is 2.23 bits per heavy atom. The van der Waals surface area contributed by atoms with Crippen LogP contribution in [0.1, 0.15) is 60.3 Å². The molecule has 1 rings (SSSR count). The van der Waals surface area contributed by atoms with Crippen molar-refractivity contribution >= 4 is 6.09 Å². The predicted molar refractivity (Wildman–Crippen MR) is 90.9 cm³/mol. The number of nitrogens with one attached hydrogen (secondary N) is 1. The lowest BCUT2D eigenvalue weighted by Gasteiger charge is -2.43. The fourth-order valence-corrected chi connectivity index (χ4v) is 3.20. The van der Waals surface area contributed by atoms with Gasteiger partial charge in [-0.1, -0.05) is 26.7 Å². The molecule has 0 aromatic rings. The molecule has 1 heterocycles. The molecule has 0 saturated carbocycles. The number of piperidine rings is 1. The second-order valence-electron chi connectivity index (χ2n) is 7.52. The number of rotatable bonds is 6. The van der Waals surface area contributed by atoms with Gasteiger partial charge in [-0.2, -0.15) is 0 Å². The SMILES string of the molecule is CCC1(CC)CCN(C(CN)CNC(=O)OC(C)(C)C)CC1. The summed E-state index contributed by atoms with van der Waals surface area (Å²) in [4.78, 5) is 14.2. The topological polar surface area (TPSA) is 67.6 Å². The maximum Gasteiger partial charge on any atom is 0.407 e. The standard InChI is InChI=1S/C17H35N3O2/c1-6-17(7-2)8-10-20(11-9-17)14(12-18)13-19-15(21)22-16(3,4)5/h14H,6-13,18H2,1-5H3,(H,19,21). The molecule has 1 atom stereocenters. The van der Waals surface area contributed by atoms with Crippen molar-refractivity contribution < 1.29 is 9.53 Å². The van der Waals surface area contributed by atoms with E-state index in [0.29, 0.717) is 18.5 Å². The summed E-state index contributed by atoms with van der Waals surface area (Å²) in [7, 11) is 0. The molecule has 1 saturated heterocycles. The first kappa shape index (κ1) is 19.2. The molecule has 1 fully saturated rings. The summed E-state index contributed by atoms with van der Waals surface area (Å²) in [5.41, 5.74) is 5.96. The van der Waals surface area contributed by atoms with Crippen LogP contribution >= 0.6 is 0 Å². The molecule has 0 bridgehead atoms. The lowest BCUT2D eigenvalue weighted by Crippen LogP contribution is -2.52. The minimum absolute atomic E-state index is 0.194. The molecule has 0 radical (unpaired) electrons. The van der Waals surface area contributed by atoms with Crippen molar-refractivity contribution in [2.75, 3.05) is 26.2 Å². The van der Waals surface area contributed by atoms with Gasteiger partial charge in [-0.25, -0.2) is 4.79 Å². The number of amides is 1. The van der Waals surface area contributed by atoms with Crippen LogP contribution in [0.3, 0.4) is 0 Å². The van der Waals surface area contributed by atoms with Crippen LogP contribution in [-0.4, -0.2) is 48.8 Å². The van der Waals surface area contributed by atoms with Crippen molar-refractivity contribution in [1.82, 2.24) is 10.2 Å². The quantitative estimate of drug-likeness (QED) is 0.791. The Balaban J connectivity index is 2.44. The van der Waals surface area contributed by atoms with Crippen LogP contribution in [0.4, 0.5) is 4.79 Å². The fourth-order valence-electron chi connectivity index (χ4n) is 3.20. The molecular formula is C17H35N3O2. The van der Waals surface area contributed by atoms with E-state index in [1.807, 2.05) is 20.8 Å². The molecular weight excluding hydrogens is 278 g/mol. The van der Waals surface area contributed by atoms with Crippen LogP contribution < -0.4 is 11.1 Å². The van der Waals surface area contributed by atoms with Crippen molar-refractivity contribution in [1.29, 1.82) is 0 Å². The highest BCUT2D eigenvalue weighted by atomic mass is 16.6. The molecule has 3 N–H and O–H groups in total. The summed E-state index contributed by atoms with van der Waals surface area (Å²) >= 11 is 0. The first-order chi connectivity index (χ1) is 10.2. The van der Waals surface area contributed by atoms with Gasteiger partial charge in [0, 0.05) is 19.1 Å². The van der Waals surface area contributed by atoms with Gasteiger partial charge in [0.05, 0.1) is 0 Å². The first-order valence-corrected chi connectivity index (χ1v) is 8.66. The monoisotopic (exact) mass is 313 g/mol. The molecule has 1 aliphatic heterocycles. The van der Waals surface area contributed by atoms with Crippen LogP contribution in [0.2, 0.25) is 0 Å². The van der Waals surface area contributed by atoms with E-state index in [9.17, 15) is 4.79 Å². The average Bonchev–Trinajstić information content (AvgIpc) is 2.47. The highest BCUT2D eigenvalue weighted by Crippen LogP contribution is 2.38. The smallest absolute Gasteiger partial charge is 0.407 e. The number of hydrogen-bond acceptors (Lipinski definition) is 4. The fraction of sp³-hybridized carbons (Fsp3) is 0.941. The van der Waals surface area contributed by atoms with Gasteiger partial charge in [-0.3, -0.25) is 4.90 Å². The molecule has 22 heavy (non-hydrogen) atoms. The zero-order valence-corrected chi connectivity index (χ0v) is 15.1. The minimum atomic E-state index is -0.463. The van der Waals surface area contributed by atoms with E-state index in [1.54, 1.807) is 0 Å². The third-order valence-corrected chi connectivity index (χ3v) is 5.03. The molecule has 0 spiro atoms. The number of carbonyl (C=O) groups is 1. The maximum absolute atomic E-state index is 11.8. The number of likely N-dealkylation sites (tertiary alicyclic amines) is 1. The Hall–Kier alpha value is -0.810. The number of nitrogens with zero attached hydrogens (tertiary/aromatic N) is 1. The maximum atomic E-state index is 11.8. The summed E-state index contributed by atoms with van der Waals surface area (Å²) in [6.07, 6.45) is 4.59. The Labute approximate surface area is 135 Å². The highest BCUT2D eigenvalue weighted by Gasteiger charge is 2.33. The van der Waals surface area contributed by atoms with Crippen LogP contribution in [0.25, 0.3) is 0 Å². The van der Waals surface area contributed by atoms with Gasteiger partial charge in [-0.15, -0.1) is 0 Å². The van der Waals surface area contributed by atoms with E-state index in [-0.39, 0.29) is 12.1 Å². The van der Waals surface area contributed by atoms with Gasteiger partial charge in [0.1, 0.15) is 5.60 Å². The molecule has 0 aliphatic carbocycles. The normalized spacial score (nSPS) is 20.5.